The van der Waals surface area contributed by atoms with E-state index in [4.69, 9.17) is 18.0 Å². The lowest BCUT2D eigenvalue weighted by molar-refractivity contribution is 0.267. The van der Waals surface area contributed by atoms with E-state index in [2.05, 4.69) is 16.8 Å². The Morgan fingerprint density at radius 1 is 1.24 bits per heavy atom. The molecule has 5 heteroatoms. The van der Waals surface area contributed by atoms with Gasteiger partial charge in [0.05, 0.1) is 0 Å². The lowest BCUT2D eigenvalue weighted by atomic mass is 10.1. The third-order valence-electron chi connectivity index (χ3n) is 3.33. The lowest BCUT2D eigenvalue weighted by Crippen LogP contribution is -2.23. The summed E-state index contributed by atoms with van der Waals surface area (Å²) in [6.45, 7) is 4.13. The van der Waals surface area contributed by atoms with Crippen LogP contribution in [0.4, 0.5) is 4.39 Å². The van der Waals surface area contributed by atoms with Crippen LogP contribution in [-0.4, -0.2) is 21.4 Å². The Morgan fingerprint density at radius 2 is 1.95 bits per heavy atom. The predicted molar refractivity (Wildman–Crippen MR) is 86.3 cm³/mol. The van der Waals surface area contributed by atoms with Crippen LogP contribution in [0.1, 0.15) is 23.6 Å². The van der Waals surface area contributed by atoms with E-state index in [1.165, 1.54) is 6.07 Å². The minimum Gasteiger partial charge on any atom is -0.389 e. The molecule has 0 spiro atoms. The summed E-state index contributed by atoms with van der Waals surface area (Å²) in [4.78, 5) is 6.44. The highest BCUT2D eigenvalue weighted by molar-refractivity contribution is 7.80. The van der Waals surface area contributed by atoms with Gasteiger partial charge in [-0.05, 0) is 42.4 Å². The molecule has 0 amide bonds. The number of halogens is 1. The van der Waals surface area contributed by atoms with Crippen molar-refractivity contribution in [3.63, 3.8) is 0 Å². The number of hydrogen-bond donors (Lipinski definition) is 1. The number of rotatable bonds is 6. The zero-order chi connectivity index (χ0) is 15.2. The summed E-state index contributed by atoms with van der Waals surface area (Å²) in [6, 6.07) is 8.69. The van der Waals surface area contributed by atoms with Crippen molar-refractivity contribution in [2.75, 3.05) is 6.54 Å². The van der Waals surface area contributed by atoms with E-state index in [9.17, 15) is 4.39 Å². The van der Waals surface area contributed by atoms with Gasteiger partial charge in [0.1, 0.15) is 10.8 Å². The number of benzene rings is 1. The number of thiocarbonyl (C=S) groups is 1. The van der Waals surface area contributed by atoms with Gasteiger partial charge in [-0.15, -0.1) is 0 Å². The van der Waals surface area contributed by atoms with Crippen molar-refractivity contribution < 1.29 is 4.39 Å². The fraction of sp³-hybridized carbons (Fsp3) is 0.250. The van der Waals surface area contributed by atoms with Gasteiger partial charge >= 0.3 is 0 Å². The molecule has 0 aliphatic carbocycles. The summed E-state index contributed by atoms with van der Waals surface area (Å²) in [7, 11) is 0. The van der Waals surface area contributed by atoms with Crippen LogP contribution in [0.5, 0.6) is 0 Å². The molecule has 2 aromatic rings. The van der Waals surface area contributed by atoms with Crippen LogP contribution in [-0.2, 0) is 13.1 Å². The lowest BCUT2D eigenvalue weighted by Gasteiger charge is -2.21. The number of hydrogen-bond acceptors (Lipinski definition) is 3. The standard InChI is InChI=1S/C16H18FN3S/c1-2-20(10-12-5-7-19-8-6-12)11-14-9-13(16(18)21)3-4-15(14)17/h3-9H,2,10-11H2,1H3,(H2,18,21). The van der Waals surface area contributed by atoms with E-state index in [0.717, 1.165) is 18.7 Å². The Hall–Kier alpha value is -1.85. The molecule has 0 radical (unpaired) electrons. The summed E-state index contributed by atoms with van der Waals surface area (Å²) in [6.07, 6.45) is 3.52. The van der Waals surface area contributed by atoms with Gasteiger partial charge in [0.25, 0.3) is 0 Å². The monoisotopic (exact) mass is 303 g/mol. The van der Waals surface area contributed by atoms with E-state index in [1.807, 2.05) is 12.1 Å². The van der Waals surface area contributed by atoms with Crippen LogP contribution in [0.15, 0.2) is 42.7 Å². The molecule has 3 nitrogen and oxygen atoms in total. The molecule has 2 N–H and O–H groups in total. The second-order valence-electron chi connectivity index (χ2n) is 4.83. The minimum absolute atomic E-state index is 0.233. The van der Waals surface area contributed by atoms with E-state index in [1.54, 1.807) is 24.5 Å². The Labute approximate surface area is 129 Å². The maximum absolute atomic E-state index is 13.9. The SMILES string of the molecule is CCN(Cc1ccncc1)Cc1cc(C(N)=S)ccc1F. The molecule has 0 atom stereocenters. The van der Waals surface area contributed by atoms with Crippen LogP contribution in [0.3, 0.4) is 0 Å². The van der Waals surface area contributed by atoms with E-state index < -0.39 is 0 Å². The average Bonchev–Trinajstić information content (AvgIpc) is 2.49. The summed E-state index contributed by atoms with van der Waals surface area (Å²) in [5.74, 6) is -0.233. The molecule has 0 saturated carbocycles. The molecule has 0 aliphatic rings. The molecule has 1 heterocycles. The Morgan fingerprint density at radius 3 is 2.57 bits per heavy atom. The minimum atomic E-state index is -0.233. The third kappa shape index (κ3) is 4.31. The van der Waals surface area contributed by atoms with Gasteiger partial charge in [-0.1, -0.05) is 19.1 Å². The molecule has 21 heavy (non-hydrogen) atoms. The molecule has 0 saturated heterocycles. The number of nitrogens with two attached hydrogens (primary N) is 1. The molecule has 0 bridgehead atoms. The zero-order valence-electron chi connectivity index (χ0n) is 11.9. The molecular formula is C16H18FN3S. The largest absolute Gasteiger partial charge is 0.389 e. The molecular weight excluding hydrogens is 285 g/mol. The Balaban J connectivity index is 2.14. The summed E-state index contributed by atoms with van der Waals surface area (Å²) >= 11 is 4.95. The first-order valence-corrected chi connectivity index (χ1v) is 7.20. The van der Waals surface area contributed by atoms with Gasteiger partial charge < -0.3 is 5.73 Å². The Kier molecular flexibility index (Phi) is 5.36. The predicted octanol–water partition coefficient (Wildman–Crippen LogP) is 2.88. The fourth-order valence-corrected chi connectivity index (χ4v) is 2.24. The van der Waals surface area contributed by atoms with Gasteiger partial charge in [0.2, 0.25) is 0 Å². The average molecular weight is 303 g/mol. The maximum Gasteiger partial charge on any atom is 0.127 e. The molecule has 1 aromatic heterocycles. The van der Waals surface area contributed by atoms with Crippen LogP contribution >= 0.6 is 12.2 Å². The first-order chi connectivity index (χ1) is 10.1. The van der Waals surface area contributed by atoms with E-state index in [0.29, 0.717) is 17.7 Å². The molecule has 0 unspecified atom stereocenters. The van der Waals surface area contributed by atoms with Gasteiger partial charge in [0, 0.05) is 36.6 Å². The third-order valence-corrected chi connectivity index (χ3v) is 3.56. The van der Waals surface area contributed by atoms with E-state index >= 15 is 0 Å². The molecule has 110 valence electrons. The van der Waals surface area contributed by atoms with E-state index in [-0.39, 0.29) is 10.8 Å². The van der Waals surface area contributed by atoms with Gasteiger partial charge in [0.15, 0.2) is 0 Å². The topological polar surface area (TPSA) is 42.2 Å². The summed E-state index contributed by atoms with van der Waals surface area (Å²) in [5, 5.41) is 0. The highest BCUT2D eigenvalue weighted by Crippen LogP contribution is 2.15. The van der Waals surface area contributed by atoms with Crippen molar-refractivity contribution in [1.82, 2.24) is 9.88 Å². The molecule has 2 rings (SSSR count). The van der Waals surface area contributed by atoms with Gasteiger partial charge in [-0.3, -0.25) is 9.88 Å². The van der Waals surface area contributed by atoms with Crippen molar-refractivity contribution in [3.8, 4) is 0 Å². The van der Waals surface area contributed by atoms with Gasteiger partial charge in [-0.2, -0.15) is 0 Å². The molecule has 0 aliphatic heterocycles. The molecule has 1 aromatic carbocycles. The number of aromatic nitrogens is 1. The highest BCUT2D eigenvalue weighted by Gasteiger charge is 2.10. The van der Waals surface area contributed by atoms with Crippen LogP contribution in [0.25, 0.3) is 0 Å². The zero-order valence-corrected chi connectivity index (χ0v) is 12.7. The second-order valence-corrected chi connectivity index (χ2v) is 5.27. The number of nitrogens with zero attached hydrogens (tertiary/aromatic N) is 2. The summed E-state index contributed by atoms with van der Waals surface area (Å²) < 4.78 is 13.9. The first-order valence-electron chi connectivity index (χ1n) is 6.79. The van der Waals surface area contributed by atoms with Crippen LogP contribution < -0.4 is 5.73 Å². The van der Waals surface area contributed by atoms with Crippen molar-refractivity contribution in [2.24, 2.45) is 5.73 Å². The molecule has 0 fully saturated rings. The van der Waals surface area contributed by atoms with Crippen molar-refractivity contribution in [3.05, 3.63) is 65.2 Å². The second kappa shape index (κ2) is 7.24. The highest BCUT2D eigenvalue weighted by atomic mass is 32.1. The van der Waals surface area contributed by atoms with Crippen molar-refractivity contribution in [2.45, 2.75) is 20.0 Å². The van der Waals surface area contributed by atoms with Crippen molar-refractivity contribution in [1.29, 1.82) is 0 Å². The Bertz CT molecular complexity index is 616. The first kappa shape index (κ1) is 15.5. The maximum atomic E-state index is 13.9. The number of pyridine rings is 1. The normalized spacial score (nSPS) is 10.8. The van der Waals surface area contributed by atoms with Crippen LogP contribution in [0.2, 0.25) is 0 Å². The quantitative estimate of drug-likeness (QED) is 0.833. The van der Waals surface area contributed by atoms with Crippen molar-refractivity contribution >= 4 is 17.2 Å². The fourth-order valence-electron chi connectivity index (χ4n) is 2.12. The summed E-state index contributed by atoms with van der Waals surface area (Å²) in [5.41, 5.74) is 8.06. The smallest absolute Gasteiger partial charge is 0.127 e. The van der Waals surface area contributed by atoms with Crippen LogP contribution in [0, 0.1) is 5.82 Å². The van der Waals surface area contributed by atoms with Gasteiger partial charge in [-0.25, -0.2) is 4.39 Å².